The lowest BCUT2D eigenvalue weighted by Gasteiger charge is -2.29. The Bertz CT molecular complexity index is 841. The van der Waals surface area contributed by atoms with Gasteiger partial charge in [0.25, 0.3) is 5.91 Å². The number of fused-ring (bicyclic) bond motifs is 2. The summed E-state index contributed by atoms with van der Waals surface area (Å²) >= 11 is 0. The van der Waals surface area contributed by atoms with Crippen molar-refractivity contribution < 1.29 is 14.3 Å². The molecule has 1 fully saturated rings. The van der Waals surface area contributed by atoms with Gasteiger partial charge in [0.15, 0.2) is 11.5 Å². The molecular formula is C19H22N4O3. The summed E-state index contributed by atoms with van der Waals surface area (Å²) in [7, 11) is 0. The van der Waals surface area contributed by atoms with Gasteiger partial charge in [0.05, 0.1) is 12.7 Å². The van der Waals surface area contributed by atoms with E-state index < -0.39 is 0 Å². The highest BCUT2D eigenvalue weighted by molar-refractivity contribution is 5.92. The number of aromatic nitrogens is 2. The maximum Gasteiger partial charge on any atom is 0.272 e. The number of nitrogens with zero attached hydrogens (tertiary/aromatic N) is 4. The zero-order valence-electron chi connectivity index (χ0n) is 14.7. The van der Waals surface area contributed by atoms with Crippen molar-refractivity contribution in [3.05, 3.63) is 41.5 Å². The number of imidazole rings is 1. The van der Waals surface area contributed by atoms with E-state index in [0.29, 0.717) is 6.79 Å². The molecule has 5 rings (SSSR count). The Balaban J connectivity index is 1.29. The van der Waals surface area contributed by atoms with Crippen molar-refractivity contribution >= 4 is 5.91 Å². The quantitative estimate of drug-likeness (QED) is 0.842. The van der Waals surface area contributed by atoms with Crippen LogP contribution in [-0.2, 0) is 19.6 Å². The Hall–Kier alpha value is -2.54. The number of hydrogen-bond acceptors (Lipinski definition) is 5. The van der Waals surface area contributed by atoms with Gasteiger partial charge in [0.2, 0.25) is 6.79 Å². The van der Waals surface area contributed by atoms with Gasteiger partial charge in [-0.1, -0.05) is 6.07 Å². The monoisotopic (exact) mass is 354 g/mol. The van der Waals surface area contributed by atoms with Gasteiger partial charge in [-0.3, -0.25) is 9.69 Å². The molecule has 0 unspecified atom stereocenters. The average molecular weight is 354 g/mol. The van der Waals surface area contributed by atoms with Gasteiger partial charge in [0, 0.05) is 32.7 Å². The summed E-state index contributed by atoms with van der Waals surface area (Å²) < 4.78 is 12.9. The number of likely N-dealkylation sites (tertiary alicyclic amines) is 1. The Kier molecular flexibility index (Phi) is 3.81. The highest BCUT2D eigenvalue weighted by Gasteiger charge is 2.27. The average Bonchev–Trinajstić information content (AvgIpc) is 3.40. The molecule has 0 aliphatic carbocycles. The molecule has 0 radical (unpaired) electrons. The topological polar surface area (TPSA) is 59.8 Å². The highest BCUT2D eigenvalue weighted by Crippen LogP contribution is 2.33. The number of ether oxygens (including phenoxy) is 2. The van der Waals surface area contributed by atoms with E-state index in [1.807, 2.05) is 17.0 Å². The van der Waals surface area contributed by atoms with Crippen LogP contribution in [0.3, 0.4) is 0 Å². The molecule has 2 aromatic rings. The molecule has 136 valence electrons. The summed E-state index contributed by atoms with van der Waals surface area (Å²) in [5.41, 5.74) is 1.94. The van der Waals surface area contributed by atoms with Gasteiger partial charge in [-0.2, -0.15) is 0 Å². The summed E-state index contributed by atoms with van der Waals surface area (Å²) in [5, 5.41) is 0. The van der Waals surface area contributed by atoms with Crippen molar-refractivity contribution in [2.24, 2.45) is 0 Å². The molecule has 3 aliphatic rings. The normalized spacial score (nSPS) is 19.0. The largest absolute Gasteiger partial charge is 0.454 e. The minimum atomic E-state index is 0.130. The third kappa shape index (κ3) is 2.72. The third-order valence-corrected chi connectivity index (χ3v) is 5.40. The predicted octanol–water partition coefficient (Wildman–Crippen LogP) is 1.86. The van der Waals surface area contributed by atoms with Crippen molar-refractivity contribution in [3.63, 3.8) is 0 Å². The summed E-state index contributed by atoms with van der Waals surface area (Å²) in [6.45, 7) is 5.33. The lowest BCUT2D eigenvalue weighted by Crippen LogP contribution is -2.36. The van der Waals surface area contributed by atoms with Gasteiger partial charge < -0.3 is 18.9 Å². The number of amides is 1. The Labute approximate surface area is 152 Å². The van der Waals surface area contributed by atoms with Crippen LogP contribution in [0, 0.1) is 0 Å². The van der Waals surface area contributed by atoms with Crippen molar-refractivity contribution in [3.8, 4) is 11.5 Å². The third-order valence-electron chi connectivity index (χ3n) is 5.40. The molecule has 1 amide bonds. The van der Waals surface area contributed by atoms with Gasteiger partial charge >= 0.3 is 0 Å². The van der Waals surface area contributed by atoms with Gasteiger partial charge in [-0.25, -0.2) is 4.98 Å². The van der Waals surface area contributed by atoms with E-state index in [-0.39, 0.29) is 5.91 Å². The van der Waals surface area contributed by atoms with E-state index in [9.17, 15) is 4.79 Å². The summed E-state index contributed by atoms with van der Waals surface area (Å²) in [6, 6.07) is 6.10. The molecule has 0 atom stereocenters. The van der Waals surface area contributed by atoms with Gasteiger partial charge in [0.1, 0.15) is 11.5 Å². The first kappa shape index (κ1) is 15.7. The van der Waals surface area contributed by atoms with Crippen molar-refractivity contribution in [2.45, 2.75) is 32.5 Å². The second-order valence-corrected chi connectivity index (χ2v) is 7.11. The molecular weight excluding hydrogens is 332 g/mol. The smallest absolute Gasteiger partial charge is 0.272 e. The molecule has 0 bridgehead atoms. The van der Waals surface area contributed by atoms with Gasteiger partial charge in [-0.15, -0.1) is 0 Å². The van der Waals surface area contributed by atoms with Crippen LogP contribution in [-0.4, -0.2) is 51.7 Å². The Morgan fingerprint density at radius 3 is 2.81 bits per heavy atom. The highest BCUT2D eigenvalue weighted by atomic mass is 16.7. The van der Waals surface area contributed by atoms with Gasteiger partial charge in [-0.05, 0) is 30.5 Å². The van der Waals surface area contributed by atoms with Crippen molar-refractivity contribution in [2.75, 3.05) is 26.4 Å². The zero-order valence-corrected chi connectivity index (χ0v) is 14.7. The van der Waals surface area contributed by atoms with E-state index in [1.165, 1.54) is 5.56 Å². The first-order chi connectivity index (χ1) is 12.8. The second-order valence-electron chi connectivity index (χ2n) is 7.11. The van der Waals surface area contributed by atoms with E-state index in [0.717, 1.165) is 75.1 Å². The number of hydrogen-bond donors (Lipinski definition) is 0. The van der Waals surface area contributed by atoms with E-state index in [2.05, 4.69) is 20.5 Å². The molecule has 7 nitrogen and oxygen atoms in total. The summed E-state index contributed by atoms with van der Waals surface area (Å²) in [4.78, 5) is 21.5. The van der Waals surface area contributed by atoms with Crippen LogP contribution in [0.25, 0.3) is 0 Å². The SMILES string of the molecule is O=C(c1cnc2n1CCN(Cc1ccc3c(c1)OCO3)C2)N1CCCC1. The molecule has 0 spiro atoms. The minimum absolute atomic E-state index is 0.130. The first-order valence-corrected chi connectivity index (χ1v) is 9.22. The van der Waals surface area contributed by atoms with Crippen LogP contribution in [0.4, 0.5) is 0 Å². The fourth-order valence-corrected chi connectivity index (χ4v) is 4.00. The van der Waals surface area contributed by atoms with Crippen molar-refractivity contribution in [1.82, 2.24) is 19.4 Å². The molecule has 7 heteroatoms. The minimum Gasteiger partial charge on any atom is -0.454 e. The number of rotatable bonds is 3. The molecule has 0 saturated carbocycles. The first-order valence-electron chi connectivity index (χ1n) is 9.22. The van der Waals surface area contributed by atoms with Crippen LogP contribution >= 0.6 is 0 Å². The van der Waals surface area contributed by atoms with Crippen LogP contribution in [0.2, 0.25) is 0 Å². The molecule has 1 aromatic carbocycles. The van der Waals surface area contributed by atoms with Crippen LogP contribution in [0.5, 0.6) is 11.5 Å². The summed E-state index contributed by atoms with van der Waals surface area (Å²) in [6.07, 6.45) is 3.96. The molecule has 0 N–H and O–H groups in total. The fraction of sp³-hybridized carbons (Fsp3) is 0.474. The maximum atomic E-state index is 12.7. The number of benzene rings is 1. The van der Waals surface area contributed by atoms with Crippen LogP contribution in [0.15, 0.2) is 24.4 Å². The number of carbonyl (C=O) groups is 1. The maximum absolute atomic E-state index is 12.7. The van der Waals surface area contributed by atoms with Crippen LogP contribution < -0.4 is 9.47 Å². The molecule has 1 saturated heterocycles. The lowest BCUT2D eigenvalue weighted by atomic mass is 10.2. The Morgan fingerprint density at radius 2 is 1.92 bits per heavy atom. The van der Waals surface area contributed by atoms with E-state index >= 15 is 0 Å². The van der Waals surface area contributed by atoms with Crippen LogP contribution in [0.1, 0.15) is 34.7 Å². The molecule has 3 aliphatic heterocycles. The molecule has 26 heavy (non-hydrogen) atoms. The molecule has 4 heterocycles. The second kappa shape index (κ2) is 6.32. The number of carbonyl (C=O) groups excluding carboxylic acids is 1. The van der Waals surface area contributed by atoms with Crippen molar-refractivity contribution in [1.29, 1.82) is 0 Å². The van der Waals surface area contributed by atoms with E-state index in [4.69, 9.17) is 9.47 Å². The lowest BCUT2D eigenvalue weighted by molar-refractivity contribution is 0.0777. The predicted molar refractivity (Wildman–Crippen MR) is 94.0 cm³/mol. The zero-order chi connectivity index (χ0) is 17.5. The fourth-order valence-electron chi connectivity index (χ4n) is 4.00. The Morgan fingerprint density at radius 1 is 1.08 bits per heavy atom. The standard InChI is InChI=1S/C19H22N4O3/c24-19(22-5-1-2-6-22)15-10-20-18-12-21(7-8-23(15)18)11-14-3-4-16-17(9-14)26-13-25-16/h3-4,9-10H,1-2,5-8,11-13H2. The molecule has 1 aromatic heterocycles. The summed E-state index contributed by atoms with van der Waals surface area (Å²) in [5.74, 6) is 2.73. The van der Waals surface area contributed by atoms with E-state index in [1.54, 1.807) is 6.20 Å².